The molecule has 0 bridgehead atoms. The highest BCUT2D eigenvalue weighted by Crippen LogP contribution is 2.39. The van der Waals surface area contributed by atoms with Crippen molar-refractivity contribution in [3.63, 3.8) is 0 Å². The molecule has 1 saturated carbocycles. The van der Waals surface area contributed by atoms with Crippen molar-refractivity contribution in [2.75, 3.05) is 0 Å². The molecule has 3 N–H and O–H groups in total. The van der Waals surface area contributed by atoms with E-state index in [-0.39, 0.29) is 12.4 Å². The van der Waals surface area contributed by atoms with Crippen molar-refractivity contribution in [1.82, 2.24) is 0 Å². The summed E-state index contributed by atoms with van der Waals surface area (Å²) in [5.41, 5.74) is 7.05. The van der Waals surface area contributed by atoms with Gasteiger partial charge in [0.2, 0.25) is 5.91 Å². The van der Waals surface area contributed by atoms with Gasteiger partial charge in [-0.1, -0.05) is 12.1 Å². The highest BCUT2D eigenvalue weighted by Gasteiger charge is 2.22. The van der Waals surface area contributed by atoms with E-state index in [1.54, 1.807) is 12.1 Å². The van der Waals surface area contributed by atoms with Gasteiger partial charge in [0.15, 0.2) is 0 Å². The number of nitrogens with two attached hydrogens (primary N) is 1. The number of carboxylic acid groups (broad SMARTS) is 1. The van der Waals surface area contributed by atoms with Gasteiger partial charge >= 0.3 is 0 Å². The molecule has 0 heterocycles. The first-order valence-corrected chi connectivity index (χ1v) is 4.66. The zero-order valence-corrected chi connectivity index (χ0v) is 8.22. The third-order valence-electron chi connectivity index (χ3n) is 2.24. The van der Waals surface area contributed by atoms with Gasteiger partial charge in [0, 0.05) is 5.56 Å². The summed E-state index contributed by atoms with van der Waals surface area (Å²) in [6.07, 6.45) is 2.58. The average molecular weight is 207 g/mol. The molecule has 0 aliphatic heterocycles. The third-order valence-corrected chi connectivity index (χ3v) is 2.24. The molecular formula is C11H13NO3. The van der Waals surface area contributed by atoms with Gasteiger partial charge in [-0.3, -0.25) is 9.59 Å². The van der Waals surface area contributed by atoms with Gasteiger partial charge in [0.05, 0.1) is 0 Å². The van der Waals surface area contributed by atoms with Gasteiger partial charge in [-0.05, 0) is 36.5 Å². The normalized spacial score (nSPS) is 13.6. The minimum Gasteiger partial charge on any atom is -0.483 e. The SMILES string of the molecule is NC(=O)c1ccc(C2CC2)cc1.O=CO. The monoisotopic (exact) mass is 207 g/mol. The van der Waals surface area contributed by atoms with E-state index in [9.17, 15) is 4.79 Å². The summed E-state index contributed by atoms with van der Waals surface area (Å²) in [4.78, 5) is 19.1. The molecule has 0 unspecified atom stereocenters. The van der Waals surface area contributed by atoms with Crippen LogP contribution in [0, 0.1) is 0 Å². The fraction of sp³-hybridized carbons (Fsp3) is 0.273. The van der Waals surface area contributed by atoms with Crippen LogP contribution >= 0.6 is 0 Å². The first-order valence-electron chi connectivity index (χ1n) is 4.66. The van der Waals surface area contributed by atoms with Crippen LogP contribution in [-0.4, -0.2) is 17.5 Å². The largest absolute Gasteiger partial charge is 0.483 e. The number of primary amides is 1. The van der Waals surface area contributed by atoms with Crippen molar-refractivity contribution in [1.29, 1.82) is 0 Å². The fourth-order valence-corrected chi connectivity index (χ4v) is 1.34. The first kappa shape index (κ1) is 11.2. The Morgan fingerprint density at radius 1 is 1.33 bits per heavy atom. The lowest BCUT2D eigenvalue weighted by Crippen LogP contribution is -2.10. The fourth-order valence-electron chi connectivity index (χ4n) is 1.34. The Morgan fingerprint density at radius 2 is 1.80 bits per heavy atom. The Labute approximate surface area is 87.7 Å². The van der Waals surface area contributed by atoms with Crippen molar-refractivity contribution in [3.8, 4) is 0 Å². The molecule has 80 valence electrons. The number of carbonyl (C=O) groups is 2. The number of amides is 1. The number of carbonyl (C=O) groups excluding carboxylic acids is 1. The van der Waals surface area contributed by atoms with E-state index in [0.29, 0.717) is 5.56 Å². The van der Waals surface area contributed by atoms with Crippen molar-refractivity contribution >= 4 is 12.4 Å². The smallest absolute Gasteiger partial charge is 0.290 e. The van der Waals surface area contributed by atoms with E-state index in [4.69, 9.17) is 15.6 Å². The summed E-state index contributed by atoms with van der Waals surface area (Å²) in [5.74, 6) is 0.393. The maximum absolute atomic E-state index is 10.7. The van der Waals surface area contributed by atoms with Crippen molar-refractivity contribution < 1.29 is 14.7 Å². The highest BCUT2D eigenvalue weighted by atomic mass is 16.3. The van der Waals surface area contributed by atoms with Crippen LogP contribution in [0.1, 0.15) is 34.7 Å². The lowest BCUT2D eigenvalue weighted by Gasteiger charge is -1.98. The molecule has 1 aliphatic rings. The summed E-state index contributed by atoms with van der Waals surface area (Å²) in [7, 11) is 0. The van der Waals surface area contributed by atoms with E-state index in [1.165, 1.54) is 18.4 Å². The maximum atomic E-state index is 10.7. The lowest BCUT2D eigenvalue weighted by atomic mass is 10.1. The molecule has 1 aliphatic carbocycles. The molecule has 0 radical (unpaired) electrons. The predicted octanol–water partition coefficient (Wildman–Crippen LogP) is 1.36. The van der Waals surface area contributed by atoms with E-state index in [1.807, 2.05) is 12.1 Å². The van der Waals surface area contributed by atoms with E-state index < -0.39 is 0 Å². The molecule has 0 spiro atoms. The van der Waals surface area contributed by atoms with Crippen molar-refractivity contribution in [2.24, 2.45) is 5.73 Å². The van der Waals surface area contributed by atoms with Crippen LogP contribution in [0.25, 0.3) is 0 Å². The number of benzene rings is 1. The van der Waals surface area contributed by atoms with Crippen LogP contribution in [0.2, 0.25) is 0 Å². The lowest BCUT2D eigenvalue weighted by molar-refractivity contribution is -0.122. The second-order valence-corrected chi connectivity index (χ2v) is 3.37. The summed E-state index contributed by atoms with van der Waals surface area (Å²) in [6, 6.07) is 7.60. The number of hydrogen-bond donors (Lipinski definition) is 2. The van der Waals surface area contributed by atoms with Crippen molar-refractivity contribution in [3.05, 3.63) is 35.4 Å². The summed E-state index contributed by atoms with van der Waals surface area (Å²) in [5, 5.41) is 6.89. The van der Waals surface area contributed by atoms with Gasteiger partial charge in [0.25, 0.3) is 6.47 Å². The minimum atomic E-state index is -0.350. The van der Waals surface area contributed by atoms with Gasteiger partial charge in [-0.25, -0.2) is 0 Å². The summed E-state index contributed by atoms with van der Waals surface area (Å²) in [6.45, 7) is -0.250. The van der Waals surface area contributed by atoms with Crippen LogP contribution in [-0.2, 0) is 4.79 Å². The maximum Gasteiger partial charge on any atom is 0.290 e. The molecule has 1 aromatic carbocycles. The van der Waals surface area contributed by atoms with E-state index in [2.05, 4.69) is 0 Å². The Bertz CT molecular complexity index is 341. The Balaban J connectivity index is 0.000000337. The molecule has 4 heteroatoms. The van der Waals surface area contributed by atoms with Crippen LogP contribution in [0.3, 0.4) is 0 Å². The molecule has 0 atom stereocenters. The highest BCUT2D eigenvalue weighted by molar-refractivity contribution is 5.92. The van der Waals surface area contributed by atoms with Crippen LogP contribution < -0.4 is 5.73 Å². The van der Waals surface area contributed by atoms with E-state index >= 15 is 0 Å². The van der Waals surface area contributed by atoms with Crippen LogP contribution in [0.5, 0.6) is 0 Å². The summed E-state index contributed by atoms with van der Waals surface area (Å²) < 4.78 is 0. The third kappa shape index (κ3) is 3.42. The minimum absolute atomic E-state index is 0.250. The Morgan fingerprint density at radius 3 is 2.13 bits per heavy atom. The van der Waals surface area contributed by atoms with Gasteiger partial charge in [-0.15, -0.1) is 0 Å². The molecule has 1 amide bonds. The first-order chi connectivity index (χ1) is 7.19. The molecule has 2 rings (SSSR count). The van der Waals surface area contributed by atoms with Crippen molar-refractivity contribution in [2.45, 2.75) is 18.8 Å². The van der Waals surface area contributed by atoms with Gasteiger partial charge < -0.3 is 10.8 Å². The average Bonchev–Trinajstić information content (AvgIpc) is 3.02. The van der Waals surface area contributed by atoms with E-state index in [0.717, 1.165) is 5.92 Å². The second kappa shape index (κ2) is 5.14. The van der Waals surface area contributed by atoms with Gasteiger partial charge in [0.1, 0.15) is 0 Å². The van der Waals surface area contributed by atoms with Crippen LogP contribution in [0.4, 0.5) is 0 Å². The summed E-state index contributed by atoms with van der Waals surface area (Å²) >= 11 is 0. The Kier molecular flexibility index (Phi) is 3.85. The zero-order chi connectivity index (χ0) is 11.3. The van der Waals surface area contributed by atoms with Gasteiger partial charge in [-0.2, -0.15) is 0 Å². The molecule has 1 aromatic rings. The zero-order valence-electron chi connectivity index (χ0n) is 8.22. The molecule has 1 fully saturated rings. The second-order valence-electron chi connectivity index (χ2n) is 3.37. The standard InChI is InChI=1S/C10H11NO.CH2O2/c11-10(12)9-5-3-8(4-6-9)7-1-2-7;2-1-3/h3-7H,1-2H2,(H2,11,12);1H,(H,2,3). The number of rotatable bonds is 2. The predicted molar refractivity (Wildman–Crippen MR) is 55.6 cm³/mol. The Hall–Kier alpha value is -1.84. The van der Waals surface area contributed by atoms with Crippen LogP contribution in [0.15, 0.2) is 24.3 Å². The molecule has 0 aromatic heterocycles. The quantitative estimate of drug-likeness (QED) is 0.718. The molecular weight excluding hydrogens is 194 g/mol. The number of hydrogen-bond acceptors (Lipinski definition) is 2. The molecule has 15 heavy (non-hydrogen) atoms. The molecule has 0 saturated heterocycles. The topological polar surface area (TPSA) is 80.4 Å². The molecule has 4 nitrogen and oxygen atoms in total.